The Balaban J connectivity index is 1.77. The first-order valence-electron chi connectivity index (χ1n) is 11.1. The lowest BCUT2D eigenvalue weighted by Crippen LogP contribution is -2.41. The monoisotopic (exact) mass is 426 g/mol. The van der Waals surface area contributed by atoms with Gasteiger partial charge in [0.1, 0.15) is 0 Å². The first-order chi connectivity index (χ1) is 15.2. The van der Waals surface area contributed by atoms with Crippen molar-refractivity contribution in [3.8, 4) is 0 Å². The first kappa shape index (κ1) is 22.5. The smallest absolute Gasteiger partial charge is 0.399 e. The molecule has 0 amide bonds. The number of benzene rings is 3. The zero-order chi connectivity index (χ0) is 23.0. The van der Waals surface area contributed by atoms with Gasteiger partial charge >= 0.3 is 7.12 Å². The fourth-order valence-electron chi connectivity index (χ4n) is 4.31. The van der Waals surface area contributed by atoms with Crippen LogP contribution in [0.2, 0.25) is 0 Å². The minimum atomic E-state index is -0.767. The molecule has 1 heterocycles. The molecule has 1 fully saturated rings. The Morgan fingerprint density at radius 2 is 1.25 bits per heavy atom. The second kappa shape index (κ2) is 8.36. The van der Waals surface area contributed by atoms with E-state index in [1.54, 1.807) is 0 Å². The van der Waals surface area contributed by atoms with Gasteiger partial charge < -0.3 is 14.4 Å². The molecule has 32 heavy (non-hydrogen) atoms. The van der Waals surface area contributed by atoms with Gasteiger partial charge in [0.25, 0.3) is 0 Å². The van der Waals surface area contributed by atoms with Crippen LogP contribution in [-0.2, 0) is 14.7 Å². The van der Waals surface area contributed by atoms with Crippen LogP contribution < -0.4 is 5.46 Å². The molecule has 164 valence electrons. The van der Waals surface area contributed by atoms with E-state index in [0.717, 1.165) is 27.7 Å². The van der Waals surface area contributed by atoms with Crippen LogP contribution in [0.3, 0.4) is 0 Å². The van der Waals surface area contributed by atoms with Crippen LogP contribution in [0.1, 0.15) is 44.4 Å². The summed E-state index contributed by atoms with van der Waals surface area (Å²) in [6, 6.07) is 28.3. The number of hydrogen-bond donors (Lipinski definition) is 1. The molecule has 1 N–H and O–H groups in total. The second-order valence-electron chi connectivity index (χ2n) is 9.48. The molecule has 1 aliphatic rings. The van der Waals surface area contributed by atoms with Crippen LogP contribution in [0.5, 0.6) is 0 Å². The lowest BCUT2D eigenvalue weighted by molar-refractivity contribution is 0.00578. The molecule has 1 atom stereocenters. The predicted molar refractivity (Wildman–Crippen MR) is 132 cm³/mol. The molecule has 1 saturated heterocycles. The maximum atomic E-state index is 10.8. The van der Waals surface area contributed by atoms with Crippen molar-refractivity contribution in [2.75, 3.05) is 6.61 Å². The lowest BCUT2D eigenvalue weighted by atomic mass is 9.67. The fraction of sp³-hybridized carbons (Fsp3) is 0.286. The Hall–Kier alpha value is -2.66. The van der Waals surface area contributed by atoms with Gasteiger partial charge in [-0.2, -0.15) is 0 Å². The summed E-state index contributed by atoms with van der Waals surface area (Å²) in [5, 5.41) is 10.8. The van der Waals surface area contributed by atoms with Crippen molar-refractivity contribution in [1.29, 1.82) is 0 Å². The van der Waals surface area contributed by atoms with Crippen LogP contribution in [0.15, 0.2) is 91.5 Å². The predicted octanol–water partition coefficient (Wildman–Crippen LogP) is 4.98. The zero-order valence-corrected chi connectivity index (χ0v) is 19.3. The molecule has 3 aromatic carbocycles. The molecule has 0 aromatic heterocycles. The summed E-state index contributed by atoms with van der Waals surface area (Å²) < 4.78 is 12.4. The number of aliphatic hydroxyl groups excluding tert-OH is 1. The Labute approximate surface area is 191 Å². The van der Waals surface area contributed by atoms with E-state index in [2.05, 4.69) is 46.4 Å². The van der Waals surface area contributed by atoms with Gasteiger partial charge in [-0.1, -0.05) is 91.5 Å². The highest BCUT2D eigenvalue weighted by Crippen LogP contribution is 2.43. The second-order valence-corrected chi connectivity index (χ2v) is 9.48. The average molecular weight is 426 g/mol. The van der Waals surface area contributed by atoms with Gasteiger partial charge in [0.15, 0.2) is 0 Å². The number of rotatable bonds is 6. The lowest BCUT2D eigenvalue weighted by Gasteiger charge is -2.36. The SMILES string of the molecule is C=C(c1ccccc1)C(CO)(c1ccccc1)c1ccc(B2OC(C)(C)C(C)(C)O2)cc1. The van der Waals surface area contributed by atoms with Gasteiger partial charge in [-0.25, -0.2) is 0 Å². The average Bonchev–Trinajstić information content (AvgIpc) is 3.03. The zero-order valence-electron chi connectivity index (χ0n) is 19.3. The molecule has 3 aromatic rings. The van der Waals surface area contributed by atoms with Crippen LogP contribution in [0, 0.1) is 0 Å². The van der Waals surface area contributed by atoms with Crippen LogP contribution in [0.4, 0.5) is 0 Å². The molecule has 0 aliphatic carbocycles. The molecule has 4 heteroatoms. The molecule has 0 radical (unpaired) electrons. The standard InChI is InChI=1S/C28H31BO3/c1-21(22-12-8-6-9-13-22)28(20-30,23-14-10-7-11-15-23)24-16-18-25(19-17-24)29-31-26(2,3)27(4,5)32-29/h6-19,30H,1,20H2,2-5H3. The molecule has 0 spiro atoms. The Bertz CT molecular complexity index is 1060. The summed E-state index contributed by atoms with van der Waals surface area (Å²) in [6.07, 6.45) is 0. The molecule has 0 saturated carbocycles. The fourth-order valence-corrected chi connectivity index (χ4v) is 4.31. The van der Waals surface area contributed by atoms with Crippen LogP contribution in [-0.4, -0.2) is 30.0 Å². The van der Waals surface area contributed by atoms with E-state index >= 15 is 0 Å². The number of hydrogen-bond acceptors (Lipinski definition) is 3. The van der Waals surface area contributed by atoms with E-state index < -0.39 is 23.7 Å². The largest absolute Gasteiger partial charge is 0.494 e. The number of aliphatic hydroxyl groups is 1. The Morgan fingerprint density at radius 3 is 1.75 bits per heavy atom. The normalized spacial score (nSPS) is 18.8. The molecule has 1 aliphatic heterocycles. The molecular formula is C28H31BO3. The summed E-state index contributed by atoms with van der Waals surface area (Å²) in [5.41, 5.74) is 3.23. The third kappa shape index (κ3) is 3.73. The van der Waals surface area contributed by atoms with Crippen molar-refractivity contribution in [1.82, 2.24) is 0 Å². The quantitative estimate of drug-likeness (QED) is 0.566. The topological polar surface area (TPSA) is 38.7 Å². The van der Waals surface area contributed by atoms with E-state index in [4.69, 9.17) is 9.31 Å². The Morgan fingerprint density at radius 1 is 0.781 bits per heavy atom. The maximum absolute atomic E-state index is 10.8. The highest BCUT2D eigenvalue weighted by atomic mass is 16.7. The van der Waals surface area contributed by atoms with E-state index in [0.29, 0.717) is 0 Å². The summed E-state index contributed by atoms with van der Waals surface area (Å²) in [7, 11) is -0.424. The summed E-state index contributed by atoms with van der Waals surface area (Å²) in [6.45, 7) is 12.6. The molecule has 4 rings (SSSR count). The maximum Gasteiger partial charge on any atom is 0.494 e. The van der Waals surface area contributed by atoms with Gasteiger partial charge in [0, 0.05) is 0 Å². The van der Waals surface area contributed by atoms with Crippen molar-refractivity contribution >= 4 is 18.2 Å². The van der Waals surface area contributed by atoms with Crippen LogP contribution >= 0.6 is 0 Å². The summed E-state index contributed by atoms with van der Waals surface area (Å²) in [5.74, 6) is 0. The van der Waals surface area contributed by atoms with E-state index in [-0.39, 0.29) is 6.61 Å². The van der Waals surface area contributed by atoms with E-state index in [1.165, 1.54) is 0 Å². The van der Waals surface area contributed by atoms with E-state index in [1.807, 2.05) is 72.8 Å². The molecular weight excluding hydrogens is 395 g/mol. The van der Waals surface area contributed by atoms with Gasteiger partial charge in [0.05, 0.1) is 23.2 Å². The molecule has 3 nitrogen and oxygen atoms in total. The molecule has 1 unspecified atom stereocenters. The van der Waals surface area contributed by atoms with Gasteiger partial charge in [-0.05, 0) is 55.4 Å². The summed E-state index contributed by atoms with van der Waals surface area (Å²) in [4.78, 5) is 0. The minimum Gasteiger partial charge on any atom is -0.399 e. The van der Waals surface area contributed by atoms with Crippen LogP contribution in [0.25, 0.3) is 5.57 Å². The van der Waals surface area contributed by atoms with Gasteiger partial charge in [-0.15, -0.1) is 0 Å². The van der Waals surface area contributed by atoms with Gasteiger partial charge in [-0.3, -0.25) is 0 Å². The molecule has 0 bridgehead atoms. The highest BCUT2D eigenvalue weighted by molar-refractivity contribution is 6.62. The van der Waals surface area contributed by atoms with Crippen molar-refractivity contribution in [3.63, 3.8) is 0 Å². The Kier molecular flexibility index (Phi) is 5.89. The minimum absolute atomic E-state index is 0.0966. The third-order valence-electron chi connectivity index (χ3n) is 7.07. The van der Waals surface area contributed by atoms with Crippen molar-refractivity contribution < 1.29 is 14.4 Å². The van der Waals surface area contributed by atoms with Crippen molar-refractivity contribution in [3.05, 3.63) is 108 Å². The third-order valence-corrected chi connectivity index (χ3v) is 7.07. The van der Waals surface area contributed by atoms with E-state index in [9.17, 15) is 5.11 Å². The highest BCUT2D eigenvalue weighted by Gasteiger charge is 2.51. The van der Waals surface area contributed by atoms with Crippen molar-refractivity contribution in [2.45, 2.75) is 44.3 Å². The van der Waals surface area contributed by atoms with Gasteiger partial charge in [0.2, 0.25) is 0 Å². The first-order valence-corrected chi connectivity index (χ1v) is 11.1. The van der Waals surface area contributed by atoms with Crippen molar-refractivity contribution in [2.24, 2.45) is 0 Å². The summed E-state index contributed by atoms with van der Waals surface area (Å²) >= 11 is 0.